The summed E-state index contributed by atoms with van der Waals surface area (Å²) in [6.07, 6.45) is 2.37. The van der Waals surface area contributed by atoms with Crippen molar-refractivity contribution in [2.45, 2.75) is 12.8 Å². The summed E-state index contributed by atoms with van der Waals surface area (Å²) in [5.74, 6) is -0.670. The van der Waals surface area contributed by atoms with Gasteiger partial charge >= 0.3 is 0 Å². The first-order valence-electron chi connectivity index (χ1n) is 5.82. The number of hydrogen-bond acceptors (Lipinski definition) is 3. The van der Waals surface area contributed by atoms with Crippen LogP contribution in [0.1, 0.15) is 23.2 Å². The van der Waals surface area contributed by atoms with Gasteiger partial charge in [0.25, 0.3) is 5.91 Å². The Hall–Kier alpha value is -1.94. The van der Waals surface area contributed by atoms with Crippen LogP contribution in [0, 0.1) is 0 Å². The number of carbonyl (C=O) groups excluding carboxylic acids is 2. The number of imide groups is 1. The lowest BCUT2D eigenvalue weighted by Crippen LogP contribution is -2.38. The van der Waals surface area contributed by atoms with Crippen LogP contribution in [-0.2, 0) is 4.79 Å². The summed E-state index contributed by atoms with van der Waals surface area (Å²) in [7, 11) is 0. The molecule has 0 aliphatic carbocycles. The van der Waals surface area contributed by atoms with Gasteiger partial charge in [-0.2, -0.15) is 0 Å². The highest BCUT2D eigenvalue weighted by atomic mass is 16.3. The molecule has 0 aliphatic heterocycles. The maximum atomic E-state index is 12.1. The van der Waals surface area contributed by atoms with Crippen LogP contribution < -0.4 is 0 Å². The summed E-state index contributed by atoms with van der Waals surface area (Å²) in [6.45, 7) is 3.32. The summed E-state index contributed by atoms with van der Waals surface area (Å²) in [4.78, 5) is 25.0. The van der Waals surface area contributed by atoms with Crippen molar-refractivity contribution < 1.29 is 14.7 Å². The Morgan fingerprint density at radius 3 is 2.50 bits per heavy atom. The van der Waals surface area contributed by atoms with E-state index in [1.165, 1.54) is 0 Å². The van der Waals surface area contributed by atoms with Crippen molar-refractivity contribution in [3.8, 4) is 0 Å². The molecule has 0 fully saturated rings. The van der Waals surface area contributed by atoms with Crippen LogP contribution in [0.2, 0.25) is 0 Å². The fraction of sp³-hybridized carbons (Fsp3) is 0.286. The molecule has 1 aromatic carbocycles. The fourth-order valence-corrected chi connectivity index (χ4v) is 1.54. The molecular weight excluding hydrogens is 230 g/mol. The molecule has 0 spiro atoms. The van der Waals surface area contributed by atoms with Crippen molar-refractivity contribution in [1.29, 1.82) is 0 Å². The average molecular weight is 247 g/mol. The van der Waals surface area contributed by atoms with Crippen LogP contribution in [-0.4, -0.2) is 35.0 Å². The molecular formula is C14H17NO3. The van der Waals surface area contributed by atoms with E-state index in [1.807, 2.05) is 0 Å². The number of hydrogen-bond donors (Lipinski definition) is 1. The number of allylic oxidation sites excluding steroid dienone is 1. The van der Waals surface area contributed by atoms with Crippen molar-refractivity contribution in [3.63, 3.8) is 0 Å². The second-order valence-electron chi connectivity index (χ2n) is 3.77. The maximum Gasteiger partial charge on any atom is 0.260 e. The van der Waals surface area contributed by atoms with E-state index in [4.69, 9.17) is 5.11 Å². The molecule has 0 saturated heterocycles. The van der Waals surface area contributed by atoms with Crippen LogP contribution in [0.25, 0.3) is 0 Å². The molecule has 1 N–H and O–H groups in total. The Morgan fingerprint density at radius 2 is 1.94 bits per heavy atom. The molecule has 0 aliphatic rings. The van der Waals surface area contributed by atoms with Gasteiger partial charge in [0.1, 0.15) is 0 Å². The highest BCUT2D eigenvalue weighted by Crippen LogP contribution is 2.07. The number of aliphatic hydroxyl groups excluding tert-OH is 1. The van der Waals surface area contributed by atoms with E-state index in [9.17, 15) is 9.59 Å². The highest BCUT2D eigenvalue weighted by Gasteiger charge is 2.21. The smallest absolute Gasteiger partial charge is 0.260 e. The second-order valence-corrected chi connectivity index (χ2v) is 3.77. The number of benzene rings is 1. The predicted octanol–water partition coefficient (Wildman–Crippen LogP) is 1.61. The molecule has 0 unspecified atom stereocenters. The molecule has 0 radical (unpaired) electrons. The van der Waals surface area contributed by atoms with Gasteiger partial charge in [-0.3, -0.25) is 14.5 Å². The molecule has 4 heteroatoms. The molecule has 0 saturated carbocycles. The molecule has 1 aromatic rings. The Morgan fingerprint density at radius 1 is 1.28 bits per heavy atom. The van der Waals surface area contributed by atoms with Gasteiger partial charge in [0.05, 0.1) is 13.2 Å². The maximum absolute atomic E-state index is 12.1. The molecule has 0 aromatic heterocycles. The SMILES string of the molecule is C=CCCC(=O)N(CCO)C(=O)c1ccccc1. The third kappa shape index (κ3) is 3.82. The molecule has 0 heterocycles. The third-order valence-electron chi connectivity index (χ3n) is 2.45. The normalized spacial score (nSPS) is 9.83. The van der Waals surface area contributed by atoms with Crippen LogP contribution in [0.3, 0.4) is 0 Å². The van der Waals surface area contributed by atoms with E-state index in [0.29, 0.717) is 12.0 Å². The minimum absolute atomic E-state index is 0.0176. The lowest BCUT2D eigenvalue weighted by Gasteiger charge is -2.19. The first-order valence-corrected chi connectivity index (χ1v) is 5.82. The van der Waals surface area contributed by atoms with Crippen molar-refractivity contribution in [2.24, 2.45) is 0 Å². The van der Waals surface area contributed by atoms with Crippen LogP contribution >= 0.6 is 0 Å². The Bertz CT molecular complexity index is 414. The quantitative estimate of drug-likeness (QED) is 0.777. The van der Waals surface area contributed by atoms with Crippen LogP contribution in [0.4, 0.5) is 0 Å². The fourth-order valence-electron chi connectivity index (χ4n) is 1.54. The Labute approximate surface area is 107 Å². The van der Waals surface area contributed by atoms with Crippen molar-refractivity contribution in [2.75, 3.05) is 13.2 Å². The molecule has 4 nitrogen and oxygen atoms in total. The van der Waals surface area contributed by atoms with E-state index < -0.39 is 0 Å². The topological polar surface area (TPSA) is 57.6 Å². The van der Waals surface area contributed by atoms with E-state index in [1.54, 1.807) is 36.4 Å². The van der Waals surface area contributed by atoms with Gasteiger partial charge in [-0.25, -0.2) is 0 Å². The molecule has 1 rings (SSSR count). The number of rotatable bonds is 6. The summed E-state index contributed by atoms with van der Waals surface area (Å²) in [5.41, 5.74) is 0.443. The zero-order valence-corrected chi connectivity index (χ0v) is 10.2. The molecule has 96 valence electrons. The van der Waals surface area contributed by atoms with E-state index >= 15 is 0 Å². The zero-order valence-electron chi connectivity index (χ0n) is 10.2. The number of carbonyl (C=O) groups is 2. The zero-order chi connectivity index (χ0) is 13.4. The third-order valence-corrected chi connectivity index (χ3v) is 2.45. The van der Waals surface area contributed by atoms with Gasteiger partial charge in [-0.05, 0) is 18.6 Å². The van der Waals surface area contributed by atoms with E-state index in [0.717, 1.165) is 4.90 Å². The summed E-state index contributed by atoms with van der Waals surface area (Å²) >= 11 is 0. The first kappa shape index (κ1) is 14.1. The average Bonchev–Trinajstić information content (AvgIpc) is 2.42. The Balaban J connectivity index is 2.81. The van der Waals surface area contributed by atoms with Crippen LogP contribution in [0.15, 0.2) is 43.0 Å². The lowest BCUT2D eigenvalue weighted by atomic mass is 10.2. The second kappa shape index (κ2) is 7.40. The molecule has 2 amide bonds. The molecule has 0 bridgehead atoms. The first-order chi connectivity index (χ1) is 8.70. The number of aliphatic hydroxyl groups is 1. The molecule has 0 atom stereocenters. The van der Waals surface area contributed by atoms with Crippen molar-refractivity contribution in [1.82, 2.24) is 4.90 Å². The Kier molecular flexibility index (Phi) is 5.80. The van der Waals surface area contributed by atoms with E-state index in [2.05, 4.69) is 6.58 Å². The van der Waals surface area contributed by atoms with Gasteiger partial charge < -0.3 is 5.11 Å². The number of amides is 2. The lowest BCUT2D eigenvalue weighted by molar-refractivity contribution is -0.128. The summed E-state index contributed by atoms with van der Waals surface area (Å²) < 4.78 is 0. The van der Waals surface area contributed by atoms with Gasteiger partial charge in [-0.1, -0.05) is 24.3 Å². The van der Waals surface area contributed by atoms with Gasteiger partial charge in [0.15, 0.2) is 0 Å². The highest BCUT2D eigenvalue weighted by molar-refractivity contribution is 6.04. The van der Waals surface area contributed by atoms with Gasteiger partial charge in [0.2, 0.25) is 5.91 Å². The monoisotopic (exact) mass is 247 g/mol. The predicted molar refractivity (Wildman–Crippen MR) is 69.0 cm³/mol. The van der Waals surface area contributed by atoms with E-state index in [-0.39, 0.29) is 31.4 Å². The largest absolute Gasteiger partial charge is 0.395 e. The molecule has 18 heavy (non-hydrogen) atoms. The summed E-state index contributed by atoms with van der Waals surface area (Å²) in [5, 5.41) is 8.94. The standard InChI is InChI=1S/C14H17NO3/c1-2-3-9-13(17)15(10-11-16)14(18)12-7-5-4-6-8-12/h2,4-8,16H,1,3,9-11H2. The number of nitrogens with zero attached hydrogens (tertiary/aromatic N) is 1. The minimum Gasteiger partial charge on any atom is -0.395 e. The van der Waals surface area contributed by atoms with Gasteiger partial charge in [-0.15, -0.1) is 6.58 Å². The van der Waals surface area contributed by atoms with Crippen LogP contribution in [0.5, 0.6) is 0 Å². The van der Waals surface area contributed by atoms with Gasteiger partial charge in [0, 0.05) is 12.0 Å². The summed E-state index contributed by atoms with van der Waals surface area (Å²) in [6, 6.07) is 8.56. The van der Waals surface area contributed by atoms with Crippen molar-refractivity contribution >= 4 is 11.8 Å². The van der Waals surface area contributed by atoms with Crippen molar-refractivity contribution in [3.05, 3.63) is 48.6 Å². The minimum atomic E-state index is -0.376.